The summed E-state index contributed by atoms with van der Waals surface area (Å²) in [5.74, 6) is -1.16. The summed E-state index contributed by atoms with van der Waals surface area (Å²) >= 11 is 5.55. The Hall–Kier alpha value is -1.94. The number of pyridine rings is 1. The first-order chi connectivity index (χ1) is 9.69. The Kier molecular flexibility index (Phi) is 5.85. The van der Waals surface area contributed by atoms with Crippen molar-refractivity contribution in [3.8, 4) is 0 Å². The van der Waals surface area contributed by atoms with E-state index in [9.17, 15) is 28.1 Å². The number of aromatic nitrogens is 1. The van der Waals surface area contributed by atoms with Gasteiger partial charge < -0.3 is 10.1 Å². The fourth-order valence-electron chi connectivity index (χ4n) is 1.21. The first kappa shape index (κ1) is 17.1. The van der Waals surface area contributed by atoms with Crippen molar-refractivity contribution in [3.05, 3.63) is 27.4 Å². The zero-order chi connectivity index (χ0) is 16.0. The Bertz CT molecular complexity index is 539. The summed E-state index contributed by atoms with van der Waals surface area (Å²) < 4.78 is 39.6. The smallest absolute Gasteiger partial charge is 0.372 e. The SMILES string of the molecule is O=C(CCOCC(F)(F)F)Nc1nc(Cl)ccc1[N+](=O)[O-]. The fraction of sp³-hybridized carbons (Fsp3) is 0.400. The van der Waals surface area contributed by atoms with Crippen molar-refractivity contribution in [3.63, 3.8) is 0 Å². The quantitative estimate of drug-likeness (QED) is 0.375. The van der Waals surface area contributed by atoms with Crippen LogP contribution in [0.5, 0.6) is 0 Å². The van der Waals surface area contributed by atoms with Crippen LogP contribution in [0.1, 0.15) is 6.42 Å². The van der Waals surface area contributed by atoms with Gasteiger partial charge in [0.25, 0.3) is 0 Å². The van der Waals surface area contributed by atoms with Gasteiger partial charge in [-0.3, -0.25) is 14.9 Å². The zero-order valence-electron chi connectivity index (χ0n) is 10.3. The molecule has 0 unspecified atom stereocenters. The molecule has 11 heteroatoms. The number of carbonyl (C=O) groups excluding carboxylic acids is 1. The largest absolute Gasteiger partial charge is 0.411 e. The van der Waals surface area contributed by atoms with E-state index in [-0.39, 0.29) is 11.0 Å². The number of amides is 1. The topological polar surface area (TPSA) is 94.4 Å². The maximum absolute atomic E-state index is 11.8. The van der Waals surface area contributed by atoms with Crippen LogP contribution < -0.4 is 5.32 Å². The molecule has 0 aromatic carbocycles. The van der Waals surface area contributed by atoms with Crippen LogP contribution in [0.2, 0.25) is 5.15 Å². The van der Waals surface area contributed by atoms with Crippen molar-refractivity contribution in [2.24, 2.45) is 0 Å². The van der Waals surface area contributed by atoms with Gasteiger partial charge in [-0.05, 0) is 6.07 Å². The highest BCUT2D eigenvalue weighted by Gasteiger charge is 2.27. The summed E-state index contributed by atoms with van der Waals surface area (Å²) in [6, 6.07) is 2.22. The Morgan fingerprint density at radius 2 is 2.14 bits per heavy atom. The second-order valence-electron chi connectivity index (χ2n) is 3.72. The molecule has 0 aliphatic carbocycles. The molecule has 1 heterocycles. The third-order valence-corrected chi connectivity index (χ3v) is 2.24. The summed E-state index contributed by atoms with van der Waals surface area (Å²) in [5, 5.41) is 12.7. The molecule has 0 radical (unpaired) electrons. The van der Waals surface area contributed by atoms with Gasteiger partial charge in [0.15, 0.2) is 0 Å². The van der Waals surface area contributed by atoms with Crippen LogP contribution in [0.4, 0.5) is 24.7 Å². The lowest BCUT2D eigenvalue weighted by atomic mass is 10.3. The van der Waals surface area contributed by atoms with E-state index >= 15 is 0 Å². The van der Waals surface area contributed by atoms with Gasteiger partial charge in [0.1, 0.15) is 11.8 Å². The summed E-state index contributed by atoms with van der Waals surface area (Å²) in [4.78, 5) is 24.9. The number of hydrogen-bond donors (Lipinski definition) is 1. The number of anilines is 1. The Morgan fingerprint density at radius 1 is 1.48 bits per heavy atom. The Labute approximate surface area is 121 Å². The molecular formula is C10H9ClF3N3O4. The van der Waals surface area contributed by atoms with Gasteiger partial charge in [0.2, 0.25) is 11.7 Å². The van der Waals surface area contributed by atoms with E-state index in [1.165, 1.54) is 6.07 Å². The van der Waals surface area contributed by atoms with E-state index < -0.39 is 42.3 Å². The van der Waals surface area contributed by atoms with Crippen molar-refractivity contribution in [2.45, 2.75) is 12.6 Å². The molecule has 0 aliphatic rings. The fourth-order valence-corrected chi connectivity index (χ4v) is 1.36. The van der Waals surface area contributed by atoms with E-state index in [1.54, 1.807) is 0 Å². The summed E-state index contributed by atoms with van der Waals surface area (Å²) in [6.45, 7) is -1.96. The first-order valence-corrected chi connectivity index (χ1v) is 5.82. The van der Waals surface area contributed by atoms with E-state index in [0.717, 1.165) is 6.07 Å². The van der Waals surface area contributed by atoms with Crippen molar-refractivity contribution in [2.75, 3.05) is 18.5 Å². The van der Waals surface area contributed by atoms with Crippen LogP contribution >= 0.6 is 11.6 Å². The maximum Gasteiger partial charge on any atom is 0.411 e. The molecule has 0 saturated carbocycles. The molecule has 1 aromatic heterocycles. The lowest BCUT2D eigenvalue weighted by Gasteiger charge is -2.08. The average Bonchev–Trinajstić information content (AvgIpc) is 2.33. The summed E-state index contributed by atoms with van der Waals surface area (Å²) in [7, 11) is 0. The number of carbonyl (C=O) groups is 1. The molecule has 1 N–H and O–H groups in total. The standard InChI is InChI=1S/C10H9ClF3N3O4/c11-7-2-1-6(17(19)20)9(15-7)16-8(18)3-4-21-5-10(12,13)14/h1-2H,3-5H2,(H,15,16,18). The highest BCUT2D eigenvalue weighted by Crippen LogP contribution is 2.24. The van der Waals surface area contributed by atoms with Crippen molar-refractivity contribution in [1.29, 1.82) is 0 Å². The van der Waals surface area contributed by atoms with Gasteiger partial charge in [-0.1, -0.05) is 11.6 Å². The van der Waals surface area contributed by atoms with Gasteiger partial charge >= 0.3 is 11.9 Å². The third-order valence-electron chi connectivity index (χ3n) is 2.03. The molecular weight excluding hydrogens is 319 g/mol. The molecule has 1 amide bonds. The second-order valence-corrected chi connectivity index (χ2v) is 4.11. The molecule has 0 atom stereocenters. The minimum Gasteiger partial charge on any atom is -0.372 e. The predicted molar refractivity (Wildman–Crippen MR) is 66.0 cm³/mol. The molecule has 7 nitrogen and oxygen atoms in total. The van der Waals surface area contributed by atoms with Crippen molar-refractivity contribution in [1.82, 2.24) is 4.98 Å². The molecule has 0 bridgehead atoms. The van der Waals surface area contributed by atoms with Crippen LogP contribution in [-0.2, 0) is 9.53 Å². The van der Waals surface area contributed by atoms with Gasteiger partial charge in [-0.25, -0.2) is 4.98 Å². The second kappa shape index (κ2) is 7.18. The highest BCUT2D eigenvalue weighted by atomic mass is 35.5. The van der Waals surface area contributed by atoms with Crippen LogP contribution in [0.15, 0.2) is 12.1 Å². The molecule has 116 valence electrons. The van der Waals surface area contributed by atoms with Crippen molar-refractivity contribution >= 4 is 29.0 Å². The predicted octanol–water partition coefficient (Wildman–Crippen LogP) is 2.55. The van der Waals surface area contributed by atoms with E-state index in [2.05, 4.69) is 15.0 Å². The number of nitro groups is 1. The van der Waals surface area contributed by atoms with Crippen LogP contribution in [0, 0.1) is 10.1 Å². The molecule has 0 spiro atoms. The molecule has 1 aromatic rings. The van der Waals surface area contributed by atoms with Crippen LogP contribution in [0.3, 0.4) is 0 Å². The number of halogens is 4. The van der Waals surface area contributed by atoms with Gasteiger partial charge in [-0.2, -0.15) is 13.2 Å². The monoisotopic (exact) mass is 327 g/mol. The molecule has 0 saturated heterocycles. The van der Waals surface area contributed by atoms with E-state index in [4.69, 9.17) is 11.6 Å². The number of ether oxygens (including phenoxy) is 1. The number of hydrogen-bond acceptors (Lipinski definition) is 5. The van der Waals surface area contributed by atoms with Crippen LogP contribution in [0.25, 0.3) is 0 Å². The van der Waals surface area contributed by atoms with Crippen LogP contribution in [-0.4, -0.2) is 35.2 Å². The molecule has 0 fully saturated rings. The minimum absolute atomic E-state index is 0.0794. The van der Waals surface area contributed by atoms with Gasteiger partial charge in [-0.15, -0.1) is 0 Å². The zero-order valence-corrected chi connectivity index (χ0v) is 11.1. The van der Waals surface area contributed by atoms with Gasteiger partial charge in [0.05, 0.1) is 18.0 Å². The van der Waals surface area contributed by atoms with E-state index in [0.29, 0.717) is 0 Å². The van der Waals surface area contributed by atoms with Gasteiger partial charge in [0, 0.05) is 6.07 Å². The Morgan fingerprint density at radius 3 is 2.71 bits per heavy atom. The van der Waals surface area contributed by atoms with Crippen molar-refractivity contribution < 1.29 is 27.6 Å². The lowest BCUT2D eigenvalue weighted by Crippen LogP contribution is -2.20. The maximum atomic E-state index is 11.8. The first-order valence-electron chi connectivity index (χ1n) is 5.44. The normalized spacial score (nSPS) is 11.2. The van der Waals surface area contributed by atoms with E-state index in [1.807, 2.05) is 0 Å². The Balaban J connectivity index is 2.55. The molecule has 1 rings (SSSR count). The minimum atomic E-state index is -4.48. The summed E-state index contributed by atoms with van der Waals surface area (Å²) in [6.07, 6.45) is -4.90. The number of rotatable bonds is 6. The number of nitrogens with zero attached hydrogens (tertiary/aromatic N) is 2. The molecule has 0 aliphatic heterocycles. The summed E-state index contributed by atoms with van der Waals surface area (Å²) in [5.41, 5.74) is -0.482. The average molecular weight is 328 g/mol. The number of nitrogens with one attached hydrogen (secondary N) is 1. The molecule has 21 heavy (non-hydrogen) atoms. The highest BCUT2D eigenvalue weighted by molar-refractivity contribution is 6.29. The lowest BCUT2D eigenvalue weighted by molar-refractivity contribution is -0.384. The third kappa shape index (κ3) is 6.36. The number of alkyl halides is 3.